The van der Waals surface area contributed by atoms with Crippen LogP contribution in [0.25, 0.3) is 5.69 Å². The van der Waals surface area contributed by atoms with Crippen LogP contribution in [0.15, 0.2) is 48.7 Å². The number of nitrogens with zero attached hydrogens (tertiary/aromatic N) is 3. The number of carbonyl (C=O) groups is 2. The third-order valence-corrected chi connectivity index (χ3v) is 6.12. The lowest BCUT2D eigenvalue weighted by Crippen LogP contribution is -2.41. The van der Waals surface area contributed by atoms with Crippen molar-refractivity contribution in [3.8, 4) is 5.69 Å². The number of piperidine rings is 1. The Morgan fingerprint density at radius 3 is 2.42 bits per heavy atom. The number of benzene rings is 2. The molecule has 1 N–H and O–H groups in total. The summed E-state index contributed by atoms with van der Waals surface area (Å²) >= 11 is 0. The lowest BCUT2D eigenvalue weighted by atomic mass is 9.90. The molecular weight excluding hydrogens is 466 g/mol. The van der Waals surface area contributed by atoms with Crippen LogP contribution in [0, 0.1) is 18.6 Å². The highest BCUT2D eigenvalue weighted by molar-refractivity contribution is 6.05. The molecular formula is C27H30F2N4O3. The van der Waals surface area contributed by atoms with Crippen LogP contribution in [-0.4, -0.2) is 45.4 Å². The van der Waals surface area contributed by atoms with Gasteiger partial charge in [0.05, 0.1) is 17.5 Å². The van der Waals surface area contributed by atoms with Gasteiger partial charge in [0, 0.05) is 30.8 Å². The highest BCUT2D eigenvalue weighted by Crippen LogP contribution is 2.34. The molecule has 1 saturated heterocycles. The molecule has 7 nitrogen and oxygen atoms in total. The molecule has 3 aromatic rings. The van der Waals surface area contributed by atoms with Gasteiger partial charge in [-0.15, -0.1) is 0 Å². The first kappa shape index (κ1) is 25.3. The minimum Gasteiger partial charge on any atom is -0.444 e. The molecule has 0 radical (unpaired) electrons. The van der Waals surface area contributed by atoms with Crippen molar-refractivity contribution in [2.45, 2.75) is 52.1 Å². The van der Waals surface area contributed by atoms with Crippen LogP contribution in [0.1, 0.15) is 61.1 Å². The highest BCUT2D eigenvalue weighted by atomic mass is 19.1. The van der Waals surface area contributed by atoms with E-state index in [0.29, 0.717) is 42.9 Å². The molecule has 1 aromatic heterocycles. The lowest BCUT2D eigenvalue weighted by molar-refractivity contribution is 0.0203. The van der Waals surface area contributed by atoms with Gasteiger partial charge >= 0.3 is 6.09 Å². The molecule has 1 fully saturated rings. The third kappa shape index (κ3) is 5.56. The molecule has 2 heterocycles. The number of amides is 2. The van der Waals surface area contributed by atoms with Crippen molar-refractivity contribution in [2.24, 2.45) is 0 Å². The molecule has 1 aliphatic rings. The molecule has 9 heteroatoms. The molecule has 0 unspecified atom stereocenters. The second-order valence-corrected chi connectivity index (χ2v) is 9.96. The Balaban J connectivity index is 1.65. The van der Waals surface area contributed by atoms with Crippen LogP contribution >= 0.6 is 0 Å². The van der Waals surface area contributed by atoms with Crippen molar-refractivity contribution in [2.75, 3.05) is 18.4 Å². The lowest BCUT2D eigenvalue weighted by Gasteiger charge is -2.34. The number of likely N-dealkylation sites (tertiary alicyclic amines) is 1. The van der Waals surface area contributed by atoms with Gasteiger partial charge in [0.2, 0.25) is 0 Å². The summed E-state index contributed by atoms with van der Waals surface area (Å²) in [4.78, 5) is 27.5. The van der Waals surface area contributed by atoms with E-state index in [4.69, 9.17) is 4.74 Å². The maximum Gasteiger partial charge on any atom is 0.410 e. The topological polar surface area (TPSA) is 76.5 Å². The number of ether oxygens (including phenoxy) is 1. The molecule has 0 atom stereocenters. The number of rotatable bonds is 4. The van der Waals surface area contributed by atoms with Crippen LogP contribution < -0.4 is 5.32 Å². The molecule has 0 bridgehead atoms. The number of hydrogen-bond donors (Lipinski definition) is 1. The van der Waals surface area contributed by atoms with E-state index in [1.165, 1.54) is 16.9 Å². The Bertz CT molecular complexity index is 1270. The summed E-state index contributed by atoms with van der Waals surface area (Å²) < 4.78 is 35.2. The number of anilines is 1. The van der Waals surface area contributed by atoms with Gasteiger partial charge < -0.3 is 15.0 Å². The zero-order chi connectivity index (χ0) is 26.0. The van der Waals surface area contributed by atoms with Gasteiger partial charge in [-0.25, -0.2) is 18.3 Å². The average molecular weight is 497 g/mol. The molecule has 1 aliphatic heterocycles. The predicted octanol–water partition coefficient (Wildman–Crippen LogP) is 5.83. The molecule has 4 rings (SSSR count). The van der Waals surface area contributed by atoms with E-state index in [1.54, 1.807) is 11.0 Å². The number of nitrogens with one attached hydrogen (secondary N) is 1. The Hall–Kier alpha value is -3.75. The van der Waals surface area contributed by atoms with Gasteiger partial charge in [-0.3, -0.25) is 4.79 Å². The first-order valence-electron chi connectivity index (χ1n) is 11.9. The van der Waals surface area contributed by atoms with Crippen molar-refractivity contribution < 1.29 is 23.1 Å². The minimum atomic E-state index is -0.781. The van der Waals surface area contributed by atoms with Crippen molar-refractivity contribution in [3.05, 3.63) is 77.1 Å². The number of aryl methyl sites for hydroxylation is 1. The van der Waals surface area contributed by atoms with E-state index in [9.17, 15) is 18.4 Å². The van der Waals surface area contributed by atoms with Crippen LogP contribution in [-0.2, 0) is 4.74 Å². The SMILES string of the molecule is Cc1ccccc1NC(=O)c1cnn(-c2ccc(F)cc2F)c1C1CCN(C(=O)OC(C)(C)C)CC1. The normalized spacial score (nSPS) is 14.6. The first-order valence-corrected chi connectivity index (χ1v) is 11.9. The minimum absolute atomic E-state index is 0.0518. The fourth-order valence-corrected chi connectivity index (χ4v) is 4.34. The molecule has 2 aromatic carbocycles. The van der Waals surface area contributed by atoms with Gasteiger partial charge in [-0.2, -0.15) is 5.10 Å². The van der Waals surface area contributed by atoms with Crippen LogP contribution in [0.2, 0.25) is 0 Å². The van der Waals surface area contributed by atoms with E-state index in [-0.39, 0.29) is 17.5 Å². The largest absolute Gasteiger partial charge is 0.444 e. The van der Waals surface area contributed by atoms with Gasteiger partial charge in [-0.1, -0.05) is 18.2 Å². The maximum atomic E-state index is 14.7. The van der Waals surface area contributed by atoms with Crippen LogP contribution in [0.3, 0.4) is 0 Å². The molecule has 0 saturated carbocycles. The van der Waals surface area contributed by atoms with E-state index in [0.717, 1.165) is 17.7 Å². The zero-order valence-electron chi connectivity index (χ0n) is 20.8. The summed E-state index contributed by atoms with van der Waals surface area (Å²) in [7, 11) is 0. The summed E-state index contributed by atoms with van der Waals surface area (Å²) in [5.41, 5.74) is 1.83. The van der Waals surface area contributed by atoms with E-state index < -0.39 is 23.3 Å². The summed E-state index contributed by atoms with van der Waals surface area (Å²) in [5.74, 6) is -2.04. The zero-order valence-corrected chi connectivity index (χ0v) is 20.8. The van der Waals surface area contributed by atoms with Gasteiger partial charge in [0.25, 0.3) is 5.91 Å². The Labute approximate surface area is 209 Å². The van der Waals surface area contributed by atoms with E-state index >= 15 is 0 Å². The quantitative estimate of drug-likeness (QED) is 0.493. The second kappa shape index (κ2) is 10.1. The number of aromatic nitrogens is 2. The monoisotopic (exact) mass is 496 g/mol. The smallest absolute Gasteiger partial charge is 0.410 e. The van der Waals surface area contributed by atoms with Gasteiger partial charge in [0.1, 0.15) is 17.1 Å². The average Bonchev–Trinajstić information content (AvgIpc) is 3.24. The summed E-state index contributed by atoms with van der Waals surface area (Å²) in [6.07, 6.45) is 2.07. The summed E-state index contributed by atoms with van der Waals surface area (Å²) in [6, 6.07) is 10.6. The Morgan fingerprint density at radius 2 is 1.78 bits per heavy atom. The van der Waals surface area contributed by atoms with Gasteiger partial charge in [0.15, 0.2) is 5.82 Å². The van der Waals surface area contributed by atoms with Crippen molar-refractivity contribution >= 4 is 17.7 Å². The van der Waals surface area contributed by atoms with Crippen LogP contribution in [0.4, 0.5) is 19.3 Å². The number of halogens is 2. The standard InChI is InChI=1S/C27H30F2N4O3/c1-17-7-5-6-8-22(17)31-25(34)20-16-30-33(23-10-9-19(28)15-21(23)29)24(20)18-11-13-32(14-12-18)26(35)36-27(2,3)4/h5-10,15-16,18H,11-14H2,1-4H3,(H,31,34). The first-order chi connectivity index (χ1) is 17.0. The number of hydrogen-bond acceptors (Lipinski definition) is 4. The van der Waals surface area contributed by atoms with Crippen LogP contribution in [0.5, 0.6) is 0 Å². The fourth-order valence-electron chi connectivity index (χ4n) is 4.34. The van der Waals surface area contributed by atoms with E-state index in [1.807, 2.05) is 45.9 Å². The Morgan fingerprint density at radius 1 is 1.08 bits per heavy atom. The van der Waals surface area contributed by atoms with Gasteiger partial charge in [-0.05, 0) is 64.3 Å². The number of carbonyl (C=O) groups excluding carboxylic acids is 2. The molecule has 0 spiro atoms. The Kier molecular flexibility index (Phi) is 7.10. The predicted molar refractivity (Wildman–Crippen MR) is 132 cm³/mol. The van der Waals surface area contributed by atoms with Crippen molar-refractivity contribution in [1.82, 2.24) is 14.7 Å². The third-order valence-electron chi connectivity index (χ3n) is 6.12. The van der Waals surface area contributed by atoms with E-state index in [2.05, 4.69) is 10.4 Å². The summed E-state index contributed by atoms with van der Waals surface area (Å²) in [5, 5.41) is 7.24. The van der Waals surface area contributed by atoms with Crippen molar-refractivity contribution in [3.63, 3.8) is 0 Å². The number of para-hydroxylation sites is 1. The maximum absolute atomic E-state index is 14.7. The highest BCUT2D eigenvalue weighted by Gasteiger charge is 2.32. The molecule has 190 valence electrons. The summed E-state index contributed by atoms with van der Waals surface area (Å²) in [6.45, 7) is 8.15. The molecule has 2 amide bonds. The van der Waals surface area contributed by atoms with Crippen molar-refractivity contribution in [1.29, 1.82) is 0 Å². The molecule has 0 aliphatic carbocycles. The molecule has 36 heavy (non-hydrogen) atoms. The second-order valence-electron chi connectivity index (χ2n) is 9.96. The fraction of sp³-hybridized carbons (Fsp3) is 0.370.